The van der Waals surface area contributed by atoms with E-state index in [-0.39, 0.29) is 23.0 Å². The largest absolute Gasteiger partial charge is 0.335 e. The van der Waals surface area contributed by atoms with Crippen molar-refractivity contribution in [3.05, 3.63) is 52.2 Å². The summed E-state index contributed by atoms with van der Waals surface area (Å²) in [5.74, 6) is 0. The Morgan fingerprint density at radius 2 is 1.79 bits per heavy atom. The minimum Gasteiger partial charge on any atom is -0.335 e. The molecule has 1 heterocycles. The predicted molar refractivity (Wildman–Crippen MR) is 97.1 cm³/mol. The van der Waals surface area contributed by atoms with Crippen molar-refractivity contribution >= 4 is 27.2 Å². The lowest BCUT2D eigenvalue weighted by Crippen LogP contribution is -2.42. The molecular formula is C17H22N2O3S2. The first-order chi connectivity index (χ1) is 11.3. The number of nitrogens with one attached hydrogen (secondary N) is 2. The molecule has 0 spiro atoms. The Morgan fingerprint density at radius 1 is 1.12 bits per heavy atom. The Hall–Kier alpha value is -1.86. The number of urea groups is 1. The van der Waals surface area contributed by atoms with Gasteiger partial charge in [-0.05, 0) is 60.4 Å². The average Bonchev–Trinajstić information content (AvgIpc) is 2.98. The fraction of sp³-hybridized carbons (Fsp3) is 0.353. The quantitative estimate of drug-likeness (QED) is 0.825. The second-order valence-corrected chi connectivity index (χ2v) is 8.71. The van der Waals surface area contributed by atoms with Crippen LogP contribution in [0.5, 0.6) is 0 Å². The molecule has 7 heteroatoms. The molecule has 2 amide bonds. The van der Waals surface area contributed by atoms with Crippen molar-refractivity contribution in [2.24, 2.45) is 0 Å². The van der Waals surface area contributed by atoms with Gasteiger partial charge in [-0.3, -0.25) is 0 Å². The van der Waals surface area contributed by atoms with Crippen molar-refractivity contribution in [3.63, 3.8) is 0 Å². The monoisotopic (exact) mass is 366 g/mol. The van der Waals surface area contributed by atoms with Gasteiger partial charge in [-0.2, -0.15) is 11.3 Å². The standard InChI is InChI=1S/C17H22N2O3S2/c1-12(10-14-8-9-23-11-14)18-17(20)19-13(2)15-4-6-16(7-5-15)24(3,21)22/h4-9,11-13H,10H2,1-3H3,(H2,18,19,20)/t12-,13-/m0/s1. The molecule has 0 saturated carbocycles. The van der Waals surface area contributed by atoms with E-state index in [9.17, 15) is 13.2 Å². The van der Waals surface area contributed by atoms with E-state index in [2.05, 4.69) is 16.0 Å². The van der Waals surface area contributed by atoms with Gasteiger partial charge in [-0.15, -0.1) is 0 Å². The van der Waals surface area contributed by atoms with Crippen LogP contribution in [0.1, 0.15) is 31.0 Å². The van der Waals surface area contributed by atoms with Gasteiger partial charge in [0.25, 0.3) is 0 Å². The van der Waals surface area contributed by atoms with Gasteiger partial charge in [-0.25, -0.2) is 13.2 Å². The van der Waals surface area contributed by atoms with Crippen LogP contribution in [-0.4, -0.2) is 26.7 Å². The summed E-state index contributed by atoms with van der Waals surface area (Å²) in [5.41, 5.74) is 2.06. The van der Waals surface area contributed by atoms with Crippen molar-refractivity contribution in [2.45, 2.75) is 37.2 Å². The van der Waals surface area contributed by atoms with Crippen LogP contribution in [0.2, 0.25) is 0 Å². The van der Waals surface area contributed by atoms with Crippen LogP contribution in [0.25, 0.3) is 0 Å². The molecule has 0 radical (unpaired) electrons. The van der Waals surface area contributed by atoms with Crippen LogP contribution < -0.4 is 10.6 Å². The van der Waals surface area contributed by atoms with Crippen LogP contribution >= 0.6 is 11.3 Å². The van der Waals surface area contributed by atoms with Gasteiger partial charge in [-0.1, -0.05) is 12.1 Å². The van der Waals surface area contributed by atoms with Crippen LogP contribution in [0, 0.1) is 0 Å². The maximum Gasteiger partial charge on any atom is 0.315 e. The summed E-state index contributed by atoms with van der Waals surface area (Å²) in [6, 6.07) is 8.17. The minimum absolute atomic E-state index is 0.0272. The third-order valence-corrected chi connectivity index (χ3v) is 5.52. The molecule has 0 bridgehead atoms. The average molecular weight is 367 g/mol. The molecule has 2 N–H and O–H groups in total. The van der Waals surface area contributed by atoms with Gasteiger partial charge in [0.15, 0.2) is 9.84 Å². The second kappa shape index (κ2) is 7.81. The Labute approximate surface area is 147 Å². The number of amides is 2. The zero-order chi connectivity index (χ0) is 17.7. The van der Waals surface area contributed by atoms with E-state index in [0.717, 1.165) is 12.0 Å². The van der Waals surface area contributed by atoms with Crippen LogP contribution in [0.15, 0.2) is 46.0 Å². The first-order valence-electron chi connectivity index (χ1n) is 7.64. The number of rotatable bonds is 6. The van der Waals surface area contributed by atoms with E-state index in [0.29, 0.717) is 0 Å². The van der Waals surface area contributed by atoms with Gasteiger partial charge in [0, 0.05) is 12.3 Å². The van der Waals surface area contributed by atoms with Crippen LogP contribution in [0.4, 0.5) is 4.79 Å². The van der Waals surface area contributed by atoms with E-state index in [1.54, 1.807) is 35.6 Å². The van der Waals surface area contributed by atoms with Crippen LogP contribution in [0.3, 0.4) is 0 Å². The summed E-state index contributed by atoms with van der Waals surface area (Å²) in [6.45, 7) is 3.82. The highest BCUT2D eigenvalue weighted by atomic mass is 32.2. The highest BCUT2D eigenvalue weighted by Gasteiger charge is 2.13. The first-order valence-corrected chi connectivity index (χ1v) is 10.5. The highest BCUT2D eigenvalue weighted by Crippen LogP contribution is 2.16. The molecular weight excluding hydrogens is 344 g/mol. The van der Waals surface area contributed by atoms with Crippen molar-refractivity contribution in [3.8, 4) is 0 Å². The summed E-state index contributed by atoms with van der Waals surface area (Å²) < 4.78 is 22.9. The summed E-state index contributed by atoms with van der Waals surface area (Å²) in [4.78, 5) is 12.3. The smallest absolute Gasteiger partial charge is 0.315 e. The maximum atomic E-state index is 12.1. The number of sulfone groups is 1. The van der Waals surface area contributed by atoms with Gasteiger partial charge in [0.1, 0.15) is 0 Å². The number of carbonyl (C=O) groups is 1. The summed E-state index contributed by atoms with van der Waals surface area (Å²) in [5, 5.41) is 9.87. The maximum absolute atomic E-state index is 12.1. The zero-order valence-corrected chi connectivity index (χ0v) is 15.6. The highest BCUT2D eigenvalue weighted by molar-refractivity contribution is 7.90. The molecule has 0 saturated heterocycles. The van der Waals surface area contributed by atoms with Gasteiger partial charge in [0.2, 0.25) is 0 Å². The Bertz CT molecular complexity index is 769. The molecule has 0 fully saturated rings. The fourth-order valence-electron chi connectivity index (χ4n) is 2.36. The predicted octanol–water partition coefficient (Wildman–Crippen LogP) is 3.14. The number of hydrogen-bond acceptors (Lipinski definition) is 4. The molecule has 0 aliphatic carbocycles. The van der Waals surface area contributed by atoms with Crippen molar-refractivity contribution in [1.29, 1.82) is 0 Å². The number of hydrogen-bond donors (Lipinski definition) is 2. The molecule has 1 aromatic carbocycles. The first kappa shape index (κ1) is 18.5. The zero-order valence-electron chi connectivity index (χ0n) is 13.9. The Morgan fingerprint density at radius 3 is 2.33 bits per heavy atom. The van der Waals surface area contributed by atoms with Gasteiger partial charge >= 0.3 is 6.03 Å². The number of benzene rings is 1. The minimum atomic E-state index is -3.21. The molecule has 5 nitrogen and oxygen atoms in total. The van der Waals surface area contributed by atoms with E-state index in [1.165, 1.54) is 11.8 Å². The third-order valence-electron chi connectivity index (χ3n) is 3.66. The molecule has 0 aliphatic rings. The molecule has 0 unspecified atom stereocenters. The van der Waals surface area contributed by atoms with Crippen molar-refractivity contribution < 1.29 is 13.2 Å². The molecule has 24 heavy (non-hydrogen) atoms. The summed E-state index contributed by atoms with van der Waals surface area (Å²) in [6.07, 6.45) is 1.96. The molecule has 2 rings (SSSR count). The van der Waals surface area contributed by atoms with E-state index < -0.39 is 9.84 Å². The lowest BCUT2D eigenvalue weighted by molar-refractivity contribution is 0.234. The molecule has 2 atom stereocenters. The normalized spacial score (nSPS) is 14.0. The SMILES string of the molecule is C[C@H](NC(=O)N[C@@H](C)Cc1ccsc1)c1ccc(S(C)(=O)=O)cc1. The summed E-state index contributed by atoms with van der Waals surface area (Å²) in [7, 11) is -3.21. The lowest BCUT2D eigenvalue weighted by Gasteiger charge is -2.18. The second-order valence-electron chi connectivity index (χ2n) is 5.92. The number of carbonyl (C=O) groups excluding carboxylic acids is 1. The summed E-state index contributed by atoms with van der Waals surface area (Å²) >= 11 is 1.64. The van der Waals surface area contributed by atoms with Gasteiger partial charge in [0.05, 0.1) is 10.9 Å². The van der Waals surface area contributed by atoms with Gasteiger partial charge < -0.3 is 10.6 Å². The third kappa shape index (κ3) is 5.35. The van der Waals surface area contributed by atoms with Crippen molar-refractivity contribution in [1.82, 2.24) is 10.6 Å². The molecule has 1 aromatic heterocycles. The molecule has 130 valence electrons. The topological polar surface area (TPSA) is 75.3 Å². The number of thiophene rings is 1. The molecule has 0 aliphatic heterocycles. The lowest BCUT2D eigenvalue weighted by atomic mass is 10.1. The van der Waals surface area contributed by atoms with E-state index in [4.69, 9.17) is 0 Å². The Balaban J connectivity index is 1.89. The van der Waals surface area contributed by atoms with E-state index in [1.807, 2.05) is 25.3 Å². The van der Waals surface area contributed by atoms with E-state index >= 15 is 0 Å². The fourth-order valence-corrected chi connectivity index (χ4v) is 3.67. The molecule has 2 aromatic rings. The van der Waals surface area contributed by atoms with Crippen molar-refractivity contribution in [2.75, 3.05) is 6.26 Å². The van der Waals surface area contributed by atoms with Crippen LogP contribution in [-0.2, 0) is 16.3 Å². The Kier molecular flexibility index (Phi) is 6.01.